The molecule has 0 saturated heterocycles. The minimum Gasteiger partial charge on any atom is -0.459 e. The molecule has 0 aliphatic heterocycles. The fraction of sp³-hybridized carbons (Fsp3) is 0.188. The second-order valence-electron chi connectivity index (χ2n) is 10.3. The number of esters is 2. The van der Waals surface area contributed by atoms with Gasteiger partial charge in [0, 0.05) is 11.1 Å². The van der Waals surface area contributed by atoms with E-state index in [-0.39, 0.29) is 39.3 Å². The number of ether oxygens (including phenoxy) is 2. The first-order valence-electron chi connectivity index (χ1n) is 14.0. The lowest BCUT2D eigenvalue weighted by Gasteiger charge is -2.10. The summed E-state index contributed by atoms with van der Waals surface area (Å²) in [6.07, 6.45) is 3.75. The second-order valence-corrected chi connectivity index (χ2v) is 11.1. The van der Waals surface area contributed by atoms with Gasteiger partial charge in [0.1, 0.15) is 29.4 Å². The molecule has 14 heteroatoms. The number of nitrogens with zero attached hydrogens (tertiary/aromatic N) is 5. The predicted molar refractivity (Wildman–Crippen MR) is 174 cm³/mol. The molecule has 0 fully saturated rings. The lowest BCUT2D eigenvalue weighted by Crippen LogP contribution is -2.12. The van der Waals surface area contributed by atoms with Gasteiger partial charge in [-0.25, -0.2) is 15.0 Å². The third-order valence-corrected chi connectivity index (χ3v) is 6.74. The highest BCUT2D eigenvalue weighted by Gasteiger charge is 2.17. The van der Waals surface area contributed by atoms with Crippen LogP contribution in [0.4, 0.5) is 5.95 Å². The number of anilines is 1. The summed E-state index contributed by atoms with van der Waals surface area (Å²) in [4.78, 5) is 24.8. The maximum absolute atomic E-state index is 12.4. The zero-order valence-corrected chi connectivity index (χ0v) is 26.6. The highest BCUT2D eigenvalue weighted by Crippen LogP contribution is 2.29. The molecule has 2 aromatic carbocycles. The van der Waals surface area contributed by atoms with Gasteiger partial charge < -0.3 is 18.3 Å². The predicted octanol–water partition coefficient (Wildman–Crippen LogP) is 7.56. The zero-order valence-electron chi connectivity index (χ0n) is 25.1. The number of aromatic nitrogens is 3. The van der Waals surface area contributed by atoms with Crippen LogP contribution in [0, 0.1) is 0 Å². The molecule has 3 aromatic heterocycles. The van der Waals surface area contributed by atoms with Crippen molar-refractivity contribution in [2.45, 2.75) is 39.9 Å². The van der Waals surface area contributed by atoms with Crippen molar-refractivity contribution in [3.63, 3.8) is 0 Å². The molecule has 0 spiro atoms. The molecular formula is C32H28Cl2N6O6. The minimum absolute atomic E-state index is 0.225. The Morgan fingerprint density at radius 2 is 1.33 bits per heavy atom. The van der Waals surface area contributed by atoms with Gasteiger partial charge in [0.05, 0.1) is 45.8 Å². The van der Waals surface area contributed by atoms with Crippen molar-refractivity contribution in [2.75, 3.05) is 5.43 Å². The van der Waals surface area contributed by atoms with E-state index >= 15 is 0 Å². The van der Waals surface area contributed by atoms with E-state index in [1.165, 1.54) is 23.4 Å². The number of furan rings is 2. The van der Waals surface area contributed by atoms with Crippen LogP contribution in [0.15, 0.2) is 86.0 Å². The molecule has 0 aliphatic carbocycles. The monoisotopic (exact) mass is 662 g/mol. The average molecular weight is 664 g/mol. The number of halogens is 2. The van der Waals surface area contributed by atoms with Crippen molar-refractivity contribution in [3.8, 4) is 22.6 Å². The van der Waals surface area contributed by atoms with Crippen LogP contribution in [-0.4, -0.2) is 51.4 Å². The van der Waals surface area contributed by atoms with Crippen LogP contribution in [0.25, 0.3) is 22.6 Å². The van der Waals surface area contributed by atoms with Crippen molar-refractivity contribution in [3.05, 3.63) is 99.7 Å². The van der Waals surface area contributed by atoms with Gasteiger partial charge in [-0.3, -0.25) is 0 Å². The Morgan fingerprint density at radius 3 is 1.85 bits per heavy atom. The summed E-state index contributed by atoms with van der Waals surface area (Å²) in [5, 5.41) is 16.9. The Kier molecular flexibility index (Phi) is 9.99. The van der Waals surface area contributed by atoms with E-state index < -0.39 is 11.9 Å². The van der Waals surface area contributed by atoms with Crippen LogP contribution in [0.2, 0.25) is 10.0 Å². The molecule has 0 radical (unpaired) electrons. The standard InChI is InChI=1S/C32H28Cl2N6O6/c1-18(2)43-30(41)24-13-20(5-9-26(24)33)28-11-7-22(45-28)15-35-38-32-39-36-17-40(32)37-16-23-8-12-29(46-23)21-6-10-27(34)25(14-21)31(42)44-19(3)4/h5-19H,1-4H3,(H,38,39). The number of benzene rings is 2. The van der Waals surface area contributed by atoms with Gasteiger partial charge in [-0.05, 0) is 88.4 Å². The van der Waals surface area contributed by atoms with Crippen LogP contribution in [-0.2, 0) is 9.47 Å². The first-order chi connectivity index (χ1) is 22.1. The Bertz CT molecular complexity index is 1920. The molecular weight excluding hydrogens is 635 g/mol. The van der Waals surface area contributed by atoms with Crippen LogP contribution in [0.1, 0.15) is 59.9 Å². The third-order valence-electron chi connectivity index (χ3n) is 6.08. The molecule has 0 amide bonds. The molecule has 0 saturated carbocycles. The Morgan fingerprint density at radius 1 is 0.804 bits per heavy atom. The smallest absolute Gasteiger partial charge is 0.339 e. The van der Waals surface area contributed by atoms with E-state index in [0.29, 0.717) is 34.2 Å². The van der Waals surface area contributed by atoms with E-state index in [0.717, 1.165) is 0 Å². The van der Waals surface area contributed by atoms with E-state index in [4.69, 9.17) is 41.5 Å². The van der Waals surface area contributed by atoms with Crippen molar-refractivity contribution in [1.82, 2.24) is 14.9 Å². The topological polar surface area (TPSA) is 146 Å². The number of hydrogen-bond acceptors (Lipinski definition) is 11. The van der Waals surface area contributed by atoms with Crippen LogP contribution in [0.3, 0.4) is 0 Å². The number of nitrogens with one attached hydrogen (secondary N) is 1. The summed E-state index contributed by atoms with van der Waals surface area (Å²) in [5.41, 5.74) is 4.54. The van der Waals surface area contributed by atoms with Gasteiger partial charge in [0.2, 0.25) is 0 Å². The minimum atomic E-state index is -0.515. The molecule has 3 heterocycles. The summed E-state index contributed by atoms with van der Waals surface area (Å²) < 4.78 is 23.7. The van der Waals surface area contributed by atoms with Crippen LogP contribution < -0.4 is 5.43 Å². The number of rotatable bonds is 11. The molecule has 0 aliphatic rings. The molecule has 1 N–H and O–H groups in total. The molecule has 0 unspecified atom stereocenters. The van der Waals surface area contributed by atoms with E-state index in [1.807, 2.05) is 0 Å². The summed E-state index contributed by atoms with van der Waals surface area (Å²) >= 11 is 12.4. The van der Waals surface area contributed by atoms with Gasteiger partial charge >= 0.3 is 11.9 Å². The molecule has 236 valence electrons. The Hall–Kier alpha value is -5.20. The number of hydrazone groups is 1. The average Bonchev–Trinajstić information content (AvgIpc) is 3.78. The highest BCUT2D eigenvalue weighted by atomic mass is 35.5. The maximum Gasteiger partial charge on any atom is 0.339 e. The zero-order chi connectivity index (χ0) is 32.8. The number of carbonyl (C=O) groups excluding carboxylic acids is 2. The van der Waals surface area contributed by atoms with E-state index in [9.17, 15) is 9.59 Å². The number of hydrogen-bond donors (Lipinski definition) is 1. The molecule has 5 rings (SSSR count). The van der Waals surface area contributed by atoms with Gasteiger partial charge in [0.25, 0.3) is 5.95 Å². The van der Waals surface area contributed by atoms with Gasteiger partial charge in [0.15, 0.2) is 0 Å². The highest BCUT2D eigenvalue weighted by molar-refractivity contribution is 6.34. The fourth-order valence-corrected chi connectivity index (χ4v) is 4.43. The third kappa shape index (κ3) is 7.89. The first-order valence-corrected chi connectivity index (χ1v) is 14.8. The molecule has 46 heavy (non-hydrogen) atoms. The van der Waals surface area contributed by atoms with E-state index in [1.54, 1.807) is 88.4 Å². The quantitative estimate of drug-likeness (QED) is 0.0859. The van der Waals surface area contributed by atoms with Gasteiger partial charge in [-0.1, -0.05) is 23.2 Å². The molecule has 12 nitrogen and oxygen atoms in total. The van der Waals surface area contributed by atoms with Crippen molar-refractivity contribution >= 4 is 53.5 Å². The van der Waals surface area contributed by atoms with Crippen molar-refractivity contribution < 1.29 is 27.9 Å². The summed E-state index contributed by atoms with van der Waals surface area (Å²) in [5.74, 6) is 1.08. The lowest BCUT2D eigenvalue weighted by atomic mass is 10.1. The van der Waals surface area contributed by atoms with Crippen molar-refractivity contribution in [2.24, 2.45) is 10.2 Å². The SMILES string of the molecule is CC(C)OC(=O)c1cc(-c2ccc(C=NNc3nncn3N=Cc3ccc(-c4ccc(Cl)c(C(=O)OC(C)C)c4)o3)o2)ccc1Cl. The molecule has 5 aromatic rings. The number of carbonyl (C=O) groups is 2. The largest absolute Gasteiger partial charge is 0.459 e. The van der Waals surface area contributed by atoms with E-state index in [2.05, 4.69) is 25.8 Å². The normalized spacial score (nSPS) is 11.7. The Labute approximate surface area is 273 Å². The maximum atomic E-state index is 12.4. The summed E-state index contributed by atoms with van der Waals surface area (Å²) in [6, 6.07) is 16.9. The summed E-state index contributed by atoms with van der Waals surface area (Å²) in [7, 11) is 0. The van der Waals surface area contributed by atoms with Crippen LogP contribution >= 0.6 is 23.2 Å². The fourth-order valence-electron chi connectivity index (χ4n) is 4.04. The van der Waals surface area contributed by atoms with Crippen LogP contribution in [0.5, 0.6) is 0 Å². The summed E-state index contributed by atoms with van der Waals surface area (Å²) in [6.45, 7) is 7.06. The van der Waals surface area contributed by atoms with Gasteiger partial charge in [-0.15, -0.1) is 10.2 Å². The molecule has 0 bridgehead atoms. The van der Waals surface area contributed by atoms with Crippen molar-refractivity contribution in [1.29, 1.82) is 0 Å². The second kappa shape index (κ2) is 14.3. The molecule has 0 atom stereocenters. The Balaban J connectivity index is 1.23. The lowest BCUT2D eigenvalue weighted by molar-refractivity contribution is 0.0367. The van der Waals surface area contributed by atoms with Gasteiger partial charge in [-0.2, -0.15) is 14.9 Å². The first kappa shape index (κ1) is 32.2.